The highest BCUT2D eigenvalue weighted by atomic mass is 16.4. The summed E-state index contributed by atoms with van der Waals surface area (Å²) in [7, 11) is 0. The predicted molar refractivity (Wildman–Crippen MR) is 65.6 cm³/mol. The fourth-order valence-electron chi connectivity index (χ4n) is 1.64. The number of aliphatic hydroxyl groups excluding tert-OH is 1. The van der Waals surface area contributed by atoms with E-state index in [1.165, 1.54) is 0 Å². The number of hydrogen-bond acceptors (Lipinski definition) is 3. The van der Waals surface area contributed by atoms with E-state index in [1.54, 1.807) is 11.0 Å². The monoisotopic (exact) mass is 235 g/mol. The van der Waals surface area contributed by atoms with Crippen LogP contribution >= 0.6 is 0 Å². The number of benzene rings is 1. The van der Waals surface area contributed by atoms with Crippen LogP contribution in [0.4, 0.5) is 0 Å². The van der Waals surface area contributed by atoms with E-state index in [2.05, 4.69) is 6.58 Å². The lowest BCUT2D eigenvalue weighted by molar-refractivity contribution is -0.144. The Morgan fingerprint density at radius 1 is 1.41 bits per heavy atom. The van der Waals surface area contributed by atoms with Gasteiger partial charge in [-0.3, -0.25) is 9.69 Å². The SMILES string of the molecule is C=CCN(Cc1ccccc1)[C@@H](CO)C(=O)O. The van der Waals surface area contributed by atoms with Crippen LogP contribution in [0.5, 0.6) is 0 Å². The van der Waals surface area contributed by atoms with Gasteiger partial charge < -0.3 is 10.2 Å². The molecule has 0 spiro atoms. The van der Waals surface area contributed by atoms with E-state index in [0.29, 0.717) is 13.1 Å². The Morgan fingerprint density at radius 2 is 2.06 bits per heavy atom. The molecule has 0 saturated carbocycles. The summed E-state index contributed by atoms with van der Waals surface area (Å²) in [5, 5.41) is 18.1. The number of aliphatic carboxylic acids is 1. The summed E-state index contributed by atoms with van der Waals surface area (Å²) in [6.45, 7) is 4.09. The Balaban J connectivity index is 2.78. The molecule has 0 radical (unpaired) electrons. The van der Waals surface area contributed by atoms with Gasteiger partial charge in [0.25, 0.3) is 0 Å². The second-order valence-electron chi connectivity index (χ2n) is 3.74. The summed E-state index contributed by atoms with van der Waals surface area (Å²) in [5.41, 5.74) is 1.01. The molecule has 4 nitrogen and oxygen atoms in total. The fourth-order valence-corrected chi connectivity index (χ4v) is 1.64. The van der Waals surface area contributed by atoms with E-state index in [9.17, 15) is 4.79 Å². The van der Waals surface area contributed by atoms with E-state index >= 15 is 0 Å². The van der Waals surface area contributed by atoms with Crippen molar-refractivity contribution < 1.29 is 15.0 Å². The van der Waals surface area contributed by atoms with Crippen molar-refractivity contribution in [3.63, 3.8) is 0 Å². The fraction of sp³-hybridized carbons (Fsp3) is 0.308. The van der Waals surface area contributed by atoms with Gasteiger partial charge in [0.2, 0.25) is 0 Å². The maximum atomic E-state index is 11.0. The summed E-state index contributed by atoms with van der Waals surface area (Å²) in [4.78, 5) is 12.7. The number of carboxylic acids is 1. The molecule has 0 aliphatic carbocycles. The predicted octanol–water partition coefficient (Wildman–Crippen LogP) is 1.12. The van der Waals surface area contributed by atoms with Crippen LogP contribution in [0.2, 0.25) is 0 Å². The summed E-state index contributed by atoms with van der Waals surface area (Å²) >= 11 is 0. The van der Waals surface area contributed by atoms with Crippen molar-refractivity contribution in [3.05, 3.63) is 48.6 Å². The van der Waals surface area contributed by atoms with Crippen molar-refractivity contribution >= 4 is 5.97 Å². The van der Waals surface area contributed by atoms with Gasteiger partial charge in [-0.05, 0) is 5.56 Å². The average Bonchev–Trinajstić information content (AvgIpc) is 2.31. The smallest absolute Gasteiger partial charge is 0.323 e. The normalized spacial score (nSPS) is 12.4. The zero-order chi connectivity index (χ0) is 12.7. The minimum atomic E-state index is -1.02. The first-order valence-electron chi connectivity index (χ1n) is 5.41. The van der Waals surface area contributed by atoms with Gasteiger partial charge in [0.1, 0.15) is 6.04 Å². The Bertz CT molecular complexity index is 364. The molecule has 0 aliphatic heterocycles. The molecule has 0 heterocycles. The highest BCUT2D eigenvalue weighted by Gasteiger charge is 2.23. The minimum absolute atomic E-state index is 0.407. The van der Waals surface area contributed by atoms with Crippen molar-refractivity contribution in [3.8, 4) is 0 Å². The van der Waals surface area contributed by atoms with Crippen molar-refractivity contribution in [2.24, 2.45) is 0 Å². The molecule has 0 saturated heterocycles. The maximum absolute atomic E-state index is 11.0. The molecular formula is C13H17NO3. The van der Waals surface area contributed by atoms with Crippen LogP contribution in [0.15, 0.2) is 43.0 Å². The van der Waals surface area contributed by atoms with Crippen molar-refractivity contribution in [1.82, 2.24) is 4.90 Å². The van der Waals surface area contributed by atoms with E-state index in [0.717, 1.165) is 5.56 Å². The van der Waals surface area contributed by atoms with Crippen LogP contribution in [0, 0.1) is 0 Å². The molecular weight excluding hydrogens is 218 g/mol. The van der Waals surface area contributed by atoms with Crippen LogP contribution in [0.1, 0.15) is 5.56 Å². The molecule has 0 fully saturated rings. The number of carboxylic acid groups (broad SMARTS) is 1. The molecule has 1 aromatic rings. The van der Waals surface area contributed by atoms with Gasteiger partial charge in [0.05, 0.1) is 6.61 Å². The van der Waals surface area contributed by atoms with Gasteiger partial charge in [-0.2, -0.15) is 0 Å². The van der Waals surface area contributed by atoms with Gasteiger partial charge in [-0.15, -0.1) is 6.58 Å². The molecule has 0 amide bonds. The molecule has 2 N–H and O–H groups in total. The van der Waals surface area contributed by atoms with E-state index in [-0.39, 0.29) is 0 Å². The van der Waals surface area contributed by atoms with Crippen LogP contribution in [0.25, 0.3) is 0 Å². The number of aliphatic hydroxyl groups is 1. The second kappa shape index (κ2) is 6.83. The lowest BCUT2D eigenvalue weighted by Gasteiger charge is -2.26. The quantitative estimate of drug-likeness (QED) is 0.695. The van der Waals surface area contributed by atoms with Crippen LogP contribution < -0.4 is 0 Å². The molecule has 1 aromatic carbocycles. The molecule has 92 valence electrons. The van der Waals surface area contributed by atoms with Gasteiger partial charge in [0.15, 0.2) is 0 Å². The first-order chi connectivity index (χ1) is 8.19. The largest absolute Gasteiger partial charge is 0.480 e. The highest BCUT2D eigenvalue weighted by Crippen LogP contribution is 2.08. The first-order valence-corrected chi connectivity index (χ1v) is 5.41. The molecule has 1 atom stereocenters. The Kier molecular flexibility index (Phi) is 5.39. The van der Waals surface area contributed by atoms with Crippen LogP contribution in [-0.4, -0.2) is 40.3 Å². The Hall–Kier alpha value is -1.65. The number of hydrogen-bond donors (Lipinski definition) is 2. The third kappa shape index (κ3) is 4.01. The van der Waals surface area contributed by atoms with E-state index in [1.807, 2.05) is 30.3 Å². The summed E-state index contributed by atoms with van der Waals surface area (Å²) in [5.74, 6) is -1.02. The topological polar surface area (TPSA) is 60.8 Å². The maximum Gasteiger partial charge on any atom is 0.323 e. The van der Waals surface area contributed by atoms with Gasteiger partial charge in [0, 0.05) is 13.1 Å². The third-order valence-corrected chi connectivity index (χ3v) is 2.49. The summed E-state index contributed by atoms with van der Waals surface area (Å²) in [6.07, 6.45) is 1.63. The van der Waals surface area contributed by atoms with Gasteiger partial charge in [-0.1, -0.05) is 36.4 Å². The minimum Gasteiger partial charge on any atom is -0.480 e. The zero-order valence-corrected chi connectivity index (χ0v) is 9.62. The molecule has 0 aromatic heterocycles. The van der Waals surface area contributed by atoms with Gasteiger partial charge >= 0.3 is 5.97 Å². The van der Waals surface area contributed by atoms with Crippen molar-refractivity contribution in [1.29, 1.82) is 0 Å². The Morgan fingerprint density at radius 3 is 2.53 bits per heavy atom. The summed E-state index contributed by atoms with van der Waals surface area (Å²) in [6, 6.07) is 8.65. The highest BCUT2D eigenvalue weighted by molar-refractivity contribution is 5.73. The number of rotatable bonds is 7. The summed E-state index contributed by atoms with van der Waals surface area (Å²) < 4.78 is 0. The molecule has 0 bridgehead atoms. The molecule has 17 heavy (non-hydrogen) atoms. The van der Waals surface area contributed by atoms with Crippen molar-refractivity contribution in [2.45, 2.75) is 12.6 Å². The lowest BCUT2D eigenvalue weighted by atomic mass is 10.1. The molecule has 0 aliphatic rings. The van der Waals surface area contributed by atoms with E-state index in [4.69, 9.17) is 10.2 Å². The van der Waals surface area contributed by atoms with E-state index < -0.39 is 18.6 Å². The second-order valence-corrected chi connectivity index (χ2v) is 3.74. The molecule has 1 rings (SSSR count). The number of nitrogens with zero attached hydrogens (tertiary/aromatic N) is 1. The Labute approximate surface area is 101 Å². The standard InChI is InChI=1S/C13H17NO3/c1-2-8-14(12(10-15)13(16)17)9-11-6-4-3-5-7-11/h2-7,12,15H,1,8-10H2,(H,16,17)/t12-/m0/s1. The molecule has 4 heteroatoms. The van der Waals surface area contributed by atoms with Crippen LogP contribution in [-0.2, 0) is 11.3 Å². The van der Waals surface area contributed by atoms with Gasteiger partial charge in [-0.25, -0.2) is 0 Å². The average molecular weight is 235 g/mol. The molecule has 0 unspecified atom stereocenters. The zero-order valence-electron chi connectivity index (χ0n) is 9.62. The lowest BCUT2D eigenvalue weighted by Crippen LogP contribution is -2.43. The number of carbonyl (C=O) groups is 1. The third-order valence-electron chi connectivity index (χ3n) is 2.49. The van der Waals surface area contributed by atoms with Crippen LogP contribution in [0.3, 0.4) is 0 Å². The first kappa shape index (κ1) is 13.4. The van der Waals surface area contributed by atoms with Crippen molar-refractivity contribution in [2.75, 3.05) is 13.2 Å².